The monoisotopic (exact) mass is 359 g/mol. The predicted molar refractivity (Wildman–Crippen MR) is 47.0 cm³/mol. The number of nitro groups is 3. The van der Waals surface area contributed by atoms with Crippen LogP contribution in [0.25, 0.3) is 0 Å². The molecule has 0 aliphatic heterocycles. The minimum Gasteiger partial charge on any atom is -1.00 e. The van der Waals surface area contributed by atoms with Crippen LogP contribution in [0.4, 0.5) is 17.1 Å². The van der Waals surface area contributed by atoms with E-state index in [0.29, 0.717) is 12.1 Å². The summed E-state index contributed by atoms with van der Waals surface area (Å²) in [7, 11) is 0. The number of nitro benzene ring substituents is 3. The normalized spacial score (nSPS) is 8.67. The standard InChI is InChI=1S/C6H3N3O7.Ag.Na.H/c10-6-4(8(13)14)1-3(7(11)12)2-5(6)9(15)16;;;/h1-2,10H;;;/q;2*+1;-1/p-1. The Bertz CT molecular complexity index is 479. The van der Waals surface area contributed by atoms with E-state index in [9.17, 15) is 35.4 Å². The molecule has 0 heterocycles. The van der Waals surface area contributed by atoms with E-state index >= 15 is 0 Å². The van der Waals surface area contributed by atoms with Crippen molar-refractivity contribution < 1.29 is 73.2 Å². The fraction of sp³-hybridized carbons (Fsp3) is 0. The summed E-state index contributed by atoms with van der Waals surface area (Å²) < 4.78 is 0. The maximum atomic E-state index is 11.1. The fourth-order valence-corrected chi connectivity index (χ4v) is 0.961. The molecule has 0 unspecified atom stereocenters. The summed E-state index contributed by atoms with van der Waals surface area (Å²) in [6.45, 7) is 0. The van der Waals surface area contributed by atoms with Gasteiger partial charge in [-0.05, 0) is 0 Å². The van der Waals surface area contributed by atoms with Crippen molar-refractivity contribution in [2.75, 3.05) is 0 Å². The summed E-state index contributed by atoms with van der Waals surface area (Å²) in [5.41, 5.74) is -3.26. The molecule has 0 aromatic heterocycles. The molecule has 18 heavy (non-hydrogen) atoms. The first kappa shape index (κ1) is 19.3. The largest absolute Gasteiger partial charge is 1.00 e. The van der Waals surface area contributed by atoms with Gasteiger partial charge in [-0.25, -0.2) is 0 Å². The van der Waals surface area contributed by atoms with Crippen LogP contribution in [0.3, 0.4) is 0 Å². The number of rotatable bonds is 3. The average Bonchev–Trinajstić information content (AvgIpc) is 2.16. The van der Waals surface area contributed by atoms with E-state index < -0.39 is 37.6 Å². The van der Waals surface area contributed by atoms with Crippen molar-refractivity contribution in [1.82, 2.24) is 0 Å². The van der Waals surface area contributed by atoms with Gasteiger partial charge in [0.15, 0.2) is 0 Å². The molecule has 0 N–H and O–H groups in total. The van der Waals surface area contributed by atoms with E-state index in [0.717, 1.165) is 0 Å². The average molecular weight is 360 g/mol. The predicted octanol–water partition coefficient (Wildman–Crippen LogP) is -2.40. The second kappa shape index (κ2) is 7.41. The van der Waals surface area contributed by atoms with E-state index in [-0.39, 0.29) is 53.4 Å². The number of benzene rings is 1. The van der Waals surface area contributed by atoms with Crippen LogP contribution < -0.4 is 34.7 Å². The van der Waals surface area contributed by atoms with Crippen LogP contribution in [0.2, 0.25) is 0 Å². The molecule has 96 valence electrons. The number of hydrogen-bond donors (Lipinski definition) is 0. The Morgan fingerprint density at radius 1 is 0.889 bits per heavy atom. The van der Waals surface area contributed by atoms with Crippen LogP contribution in [-0.2, 0) is 22.4 Å². The molecule has 0 saturated heterocycles. The van der Waals surface area contributed by atoms with Crippen molar-refractivity contribution in [2.45, 2.75) is 0 Å². The first-order valence-electron chi connectivity index (χ1n) is 3.63. The zero-order chi connectivity index (χ0) is 12.5. The van der Waals surface area contributed by atoms with Gasteiger partial charge in [-0.3, -0.25) is 30.3 Å². The van der Waals surface area contributed by atoms with Gasteiger partial charge in [0.1, 0.15) is 0 Å². The summed E-state index contributed by atoms with van der Waals surface area (Å²) in [4.78, 5) is 27.5. The molecular weight excluding hydrogens is 357 g/mol. The van der Waals surface area contributed by atoms with Crippen LogP contribution >= 0.6 is 0 Å². The van der Waals surface area contributed by atoms with Gasteiger partial charge in [0.2, 0.25) is 0 Å². The number of nitrogens with zero attached hydrogens (tertiary/aromatic N) is 3. The summed E-state index contributed by atoms with van der Waals surface area (Å²) >= 11 is 0. The van der Waals surface area contributed by atoms with Crippen LogP contribution in [0.5, 0.6) is 5.75 Å². The van der Waals surface area contributed by atoms with Gasteiger partial charge in [-0.15, -0.1) is 0 Å². The Labute approximate surface area is 138 Å². The van der Waals surface area contributed by atoms with Crippen molar-refractivity contribution >= 4 is 17.1 Å². The molecular formula is C6H3AgN3NaO7. The first-order valence-corrected chi connectivity index (χ1v) is 3.63. The van der Waals surface area contributed by atoms with Crippen molar-refractivity contribution in [1.29, 1.82) is 0 Å². The first-order chi connectivity index (χ1) is 7.34. The molecule has 1 rings (SSSR count). The van der Waals surface area contributed by atoms with E-state index in [1.807, 2.05) is 0 Å². The van der Waals surface area contributed by atoms with E-state index in [4.69, 9.17) is 0 Å². The van der Waals surface area contributed by atoms with Gasteiger partial charge in [0, 0.05) is 0 Å². The van der Waals surface area contributed by atoms with E-state index in [2.05, 4.69) is 0 Å². The fourth-order valence-electron chi connectivity index (χ4n) is 0.961. The van der Waals surface area contributed by atoms with Gasteiger partial charge in [-0.1, -0.05) is 0 Å². The Kier molecular flexibility index (Phi) is 7.94. The van der Waals surface area contributed by atoms with Crippen LogP contribution in [0, 0.1) is 30.3 Å². The Hall–Kier alpha value is -1.04. The minimum atomic E-state index is -1.46. The van der Waals surface area contributed by atoms with E-state index in [1.165, 1.54) is 0 Å². The van der Waals surface area contributed by atoms with Crippen molar-refractivity contribution in [3.05, 3.63) is 42.5 Å². The molecule has 0 radical (unpaired) electrons. The van der Waals surface area contributed by atoms with Gasteiger partial charge in [0.25, 0.3) is 17.1 Å². The second-order valence-corrected chi connectivity index (χ2v) is 2.58. The minimum absolute atomic E-state index is 0. The SMILES string of the molecule is O=[N+]([O-])c1cc([N+](=O)[O-])c([O-])c([N+](=O)[O-])c1.[Ag+].[H-].[Na+]. The topological polar surface area (TPSA) is 152 Å². The number of hydrogen-bond acceptors (Lipinski definition) is 7. The Balaban J connectivity index is -0.000000853. The summed E-state index contributed by atoms with van der Waals surface area (Å²) in [6.07, 6.45) is 0. The summed E-state index contributed by atoms with van der Waals surface area (Å²) in [5, 5.41) is 42.1. The third kappa shape index (κ3) is 4.01. The molecule has 0 spiro atoms. The molecule has 10 nitrogen and oxygen atoms in total. The third-order valence-corrected chi connectivity index (χ3v) is 1.64. The zero-order valence-corrected chi connectivity index (χ0v) is 12.1. The molecule has 0 amide bonds. The quantitative estimate of drug-likeness (QED) is 0.331. The van der Waals surface area contributed by atoms with Gasteiger partial charge in [0.05, 0.1) is 32.7 Å². The van der Waals surface area contributed by atoms with Crippen LogP contribution in [0.15, 0.2) is 12.1 Å². The smallest absolute Gasteiger partial charge is 1.00 e. The van der Waals surface area contributed by atoms with Gasteiger partial charge >= 0.3 is 51.9 Å². The Morgan fingerprint density at radius 3 is 1.44 bits per heavy atom. The molecule has 0 saturated carbocycles. The molecule has 0 bridgehead atoms. The summed E-state index contributed by atoms with van der Waals surface area (Å²) in [6, 6.07) is 0.769. The van der Waals surface area contributed by atoms with Crippen LogP contribution in [-0.4, -0.2) is 14.8 Å². The molecule has 12 heteroatoms. The molecule has 0 atom stereocenters. The van der Waals surface area contributed by atoms with Crippen molar-refractivity contribution in [3.63, 3.8) is 0 Å². The van der Waals surface area contributed by atoms with Crippen LogP contribution in [0.1, 0.15) is 1.43 Å². The molecule has 1 aromatic carbocycles. The maximum absolute atomic E-state index is 11.1. The maximum Gasteiger partial charge on any atom is 1.00 e. The summed E-state index contributed by atoms with van der Waals surface area (Å²) in [5.74, 6) is -1.46. The third-order valence-electron chi connectivity index (χ3n) is 1.64. The number of non-ortho nitro benzene ring substituents is 1. The Morgan fingerprint density at radius 2 is 1.22 bits per heavy atom. The zero-order valence-electron chi connectivity index (χ0n) is 9.66. The molecule has 0 aliphatic carbocycles. The van der Waals surface area contributed by atoms with Gasteiger partial charge in [-0.2, -0.15) is 0 Å². The molecule has 1 aromatic rings. The molecule has 0 fully saturated rings. The second-order valence-electron chi connectivity index (χ2n) is 2.58. The molecule has 0 aliphatic rings. The van der Waals surface area contributed by atoms with Gasteiger partial charge < -0.3 is 6.53 Å². The van der Waals surface area contributed by atoms with Crippen molar-refractivity contribution in [3.8, 4) is 5.75 Å². The van der Waals surface area contributed by atoms with E-state index in [1.54, 1.807) is 0 Å². The van der Waals surface area contributed by atoms with Crippen molar-refractivity contribution in [2.24, 2.45) is 0 Å².